The lowest BCUT2D eigenvalue weighted by atomic mass is 10.1. The number of aromatic hydroxyl groups is 1. The van der Waals surface area contributed by atoms with Crippen molar-refractivity contribution in [2.75, 3.05) is 19.7 Å². The average Bonchev–Trinajstić information content (AvgIpc) is 2.71. The Morgan fingerprint density at radius 1 is 1.44 bits per heavy atom. The summed E-state index contributed by atoms with van der Waals surface area (Å²) in [5.74, 6) is 0.715. The monoisotopic (exact) mass is 285 g/mol. The summed E-state index contributed by atoms with van der Waals surface area (Å²) in [5.41, 5.74) is 1.10. The highest BCUT2D eigenvalue weighted by atomic mass is 79.9. The van der Waals surface area contributed by atoms with Gasteiger partial charge in [0.2, 0.25) is 0 Å². The third-order valence-electron chi connectivity index (χ3n) is 3.05. The summed E-state index contributed by atoms with van der Waals surface area (Å²) in [7, 11) is 0. The molecule has 0 bridgehead atoms. The Labute approximate surface area is 104 Å². The van der Waals surface area contributed by atoms with Crippen LogP contribution < -0.4 is 0 Å². The molecule has 1 atom stereocenters. The molecule has 1 heterocycles. The molecule has 1 aliphatic rings. The minimum absolute atomic E-state index is 0.276. The maximum Gasteiger partial charge on any atom is 0.115 e. The first-order chi connectivity index (χ1) is 7.69. The largest absolute Gasteiger partial charge is 0.508 e. The summed E-state index contributed by atoms with van der Waals surface area (Å²) >= 11 is 3.48. The van der Waals surface area contributed by atoms with Crippen LogP contribution >= 0.6 is 15.9 Å². The molecule has 0 aliphatic carbocycles. The Hall–Kier alpha value is -0.580. The molecule has 2 rings (SSSR count). The highest BCUT2D eigenvalue weighted by Crippen LogP contribution is 2.25. The SMILES string of the molecule is OCC1CCN(Cc2cc(O)ccc2Br)C1. The van der Waals surface area contributed by atoms with Crippen molar-refractivity contribution in [2.24, 2.45) is 5.92 Å². The number of hydrogen-bond donors (Lipinski definition) is 2. The first kappa shape index (κ1) is 11.9. The van der Waals surface area contributed by atoms with E-state index in [4.69, 9.17) is 5.11 Å². The Kier molecular flexibility index (Phi) is 3.84. The van der Waals surface area contributed by atoms with Gasteiger partial charge in [-0.25, -0.2) is 0 Å². The van der Waals surface area contributed by atoms with Gasteiger partial charge in [-0.2, -0.15) is 0 Å². The van der Waals surface area contributed by atoms with Gasteiger partial charge < -0.3 is 10.2 Å². The van der Waals surface area contributed by atoms with Crippen LogP contribution in [0.5, 0.6) is 5.75 Å². The summed E-state index contributed by atoms with van der Waals surface area (Å²) in [6.45, 7) is 3.06. The molecular weight excluding hydrogens is 270 g/mol. The maximum atomic E-state index is 9.43. The van der Waals surface area contributed by atoms with E-state index < -0.39 is 0 Å². The lowest BCUT2D eigenvalue weighted by Crippen LogP contribution is -2.21. The molecular formula is C12H16BrNO2. The van der Waals surface area contributed by atoms with Crippen LogP contribution in [-0.2, 0) is 6.54 Å². The minimum atomic E-state index is 0.276. The number of halogens is 1. The lowest BCUT2D eigenvalue weighted by molar-refractivity contribution is 0.220. The molecule has 1 saturated heterocycles. The van der Waals surface area contributed by atoms with E-state index in [9.17, 15) is 5.11 Å². The van der Waals surface area contributed by atoms with Gasteiger partial charge >= 0.3 is 0 Å². The number of aliphatic hydroxyl groups excluding tert-OH is 1. The van der Waals surface area contributed by atoms with Crippen molar-refractivity contribution in [1.82, 2.24) is 4.90 Å². The first-order valence-electron chi connectivity index (χ1n) is 5.49. The van der Waals surface area contributed by atoms with Crippen molar-refractivity contribution in [2.45, 2.75) is 13.0 Å². The number of nitrogens with zero attached hydrogens (tertiary/aromatic N) is 1. The number of phenolic OH excluding ortho intramolecular Hbond substituents is 1. The second kappa shape index (κ2) is 5.17. The summed E-state index contributed by atoms with van der Waals surface area (Å²) in [4.78, 5) is 2.31. The molecule has 0 aromatic heterocycles. The van der Waals surface area contributed by atoms with Crippen LogP contribution in [0.2, 0.25) is 0 Å². The van der Waals surface area contributed by atoms with Crippen LogP contribution in [0.3, 0.4) is 0 Å². The molecule has 0 spiro atoms. The van der Waals surface area contributed by atoms with Crippen molar-refractivity contribution < 1.29 is 10.2 Å². The molecule has 0 amide bonds. The second-order valence-electron chi connectivity index (χ2n) is 4.35. The Morgan fingerprint density at radius 3 is 2.94 bits per heavy atom. The molecule has 16 heavy (non-hydrogen) atoms. The van der Waals surface area contributed by atoms with E-state index >= 15 is 0 Å². The zero-order valence-electron chi connectivity index (χ0n) is 9.06. The fraction of sp³-hybridized carbons (Fsp3) is 0.500. The molecule has 1 aliphatic heterocycles. The molecule has 0 saturated carbocycles. The molecule has 4 heteroatoms. The third-order valence-corrected chi connectivity index (χ3v) is 3.83. The van der Waals surface area contributed by atoms with Crippen molar-refractivity contribution in [3.8, 4) is 5.75 Å². The molecule has 1 unspecified atom stereocenters. The molecule has 1 aromatic carbocycles. The highest BCUT2D eigenvalue weighted by molar-refractivity contribution is 9.10. The predicted molar refractivity (Wildman–Crippen MR) is 66.3 cm³/mol. The van der Waals surface area contributed by atoms with Crippen molar-refractivity contribution in [3.05, 3.63) is 28.2 Å². The van der Waals surface area contributed by atoms with E-state index in [1.807, 2.05) is 6.07 Å². The van der Waals surface area contributed by atoms with Gasteiger partial charge in [0.15, 0.2) is 0 Å². The third kappa shape index (κ3) is 2.75. The Bertz CT molecular complexity index is 370. The first-order valence-corrected chi connectivity index (χ1v) is 6.29. The van der Waals surface area contributed by atoms with Gasteiger partial charge in [-0.1, -0.05) is 15.9 Å². The molecule has 3 nitrogen and oxygen atoms in total. The van der Waals surface area contributed by atoms with Gasteiger partial charge in [-0.05, 0) is 42.6 Å². The number of phenols is 1. The van der Waals surface area contributed by atoms with E-state index in [0.29, 0.717) is 11.7 Å². The van der Waals surface area contributed by atoms with Crippen LogP contribution in [0.4, 0.5) is 0 Å². The zero-order valence-corrected chi connectivity index (χ0v) is 10.7. The topological polar surface area (TPSA) is 43.7 Å². The van der Waals surface area contributed by atoms with Gasteiger partial charge in [0.05, 0.1) is 0 Å². The van der Waals surface area contributed by atoms with Crippen LogP contribution in [-0.4, -0.2) is 34.8 Å². The quantitative estimate of drug-likeness (QED) is 0.893. The summed E-state index contributed by atoms with van der Waals surface area (Å²) in [5, 5.41) is 18.5. The van der Waals surface area contributed by atoms with E-state index in [2.05, 4.69) is 20.8 Å². The molecule has 88 valence electrons. The van der Waals surface area contributed by atoms with E-state index in [1.54, 1.807) is 12.1 Å². The summed E-state index contributed by atoms with van der Waals surface area (Å²) in [6.07, 6.45) is 1.06. The van der Waals surface area contributed by atoms with Gasteiger partial charge in [-0.15, -0.1) is 0 Å². The van der Waals surface area contributed by atoms with Crippen molar-refractivity contribution in [3.63, 3.8) is 0 Å². The number of hydrogen-bond acceptors (Lipinski definition) is 3. The van der Waals surface area contributed by atoms with E-state index in [0.717, 1.165) is 36.1 Å². The molecule has 1 aromatic rings. The normalized spacial score (nSPS) is 21.5. The smallest absolute Gasteiger partial charge is 0.115 e. The Morgan fingerprint density at radius 2 is 2.25 bits per heavy atom. The second-order valence-corrected chi connectivity index (χ2v) is 5.20. The van der Waals surface area contributed by atoms with Gasteiger partial charge in [-0.3, -0.25) is 4.90 Å². The minimum Gasteiger partial charge on any atom is -0.508 e. The number of likely N-dealkylation sites (tertiary alicyclic amines) is 1. The van der Waals surface area contributed by atoms with E-state index in [1.165, 1.54) is 0 Å². The van der Waals surface area contributed by atoms with E-state index in [-0.39, 0.29) is 6.61 Å². The molecule has 2 N–H and O–H groups in total. The molecule has 1 fully saturated rings. The molecule has 0 radical (unpaired) electrons. The fourth-order valence-electron chi connectivity index (χ4n) is 2.13. The van der Waals surface area contributed by atoms with Gasteiger partial charge in [0, 0.05) is 24.2 Å². The summed E-state index contributed by atoms with van der Waals surface area (Å²) in [6, 6.07) is 5.33. The Balaban J connectivity index is 2.01. The van der Waals surface area contributed by atoms with Crippen molar-refractivity contribution >= 4 is 15.9 Å². The number of benzene rings is 1. The maximum absolute atomic E-state index is 9.43. The zero-order chi connectivity index (χ0) is 11.5. The van der Waals surface area contributed by atoms with Crippen LogP contribution in [0.15, 0.2) is 22.7 Å². The highest BCUT2D eigenvalue weighted by Gasteiger charge is 2.22. The standard InChI is InChI=1S/C12H16BrNO2/c13-12-2-1-11(16)5-10(12)7-14-4-3-9(6-14)8-15/h1-2,5,9,15-16H,3-4,6-8H2. The van der Waals surface area contributed by atoms with Crippen molar-refractivity contribution in [1.29, 1.82) is 0 Å². The van der Waals surface area contributed by atoms with Crippen LogP contribution in [0, 0.1) is 5.92 Å². The van der Waals surface area contributed by atoms with Gasteiger partial charge in [0.1, 0.15) is 5.75 Å². The van der Waals surface area contributed by atoms with Crippen LogP contribution in [0.25, 0.3) is 0 Å². The number of aliphatic hydroxyl groups is 1. The average molecular weight is 286 g/mol. The van der Waals surface area contributed by atoms with Gasteiger partial charge in [0.25, 0.3) is 0 Å². The number of rotatable bonds is 3. The fourth-order valence-corrected chi connectivity index (χ4v) is 2.50. The predicted octanol–water partition coefficient (Wildman–Crippen LogP) is 1.97. The van der Waals surface area contributed by atoms with Crippen LogP contribution in [0.1, 0.15) is 12.0 Å². The lowest BCUT2D eigenvalue weighted by Gasteiger charge is -2.16. The summed E-state index contributed by atoms with van der Waals surface area (Å²) < 4.78 is 1.03.